The second-order valence-electron chi connectivity index (χ2n) is 10.6. The lowest BCUT2D eigenvalue weighted by atomic mass is 9.88. The van der Waals surface area contributed by atoms with Crippen molar-refractivity contribution in [3.8, 4) is 5.75 Å². The standard InChI is InChI=1S/C30H36N6O5/c1-19(2)15-25(27(37)35-40)36-14-12-30(28(36)38,34-29(39)33-26-7-5-6-13-31-26)23-8-10-24(11-9-23)41-18-22-16-20(3)32-21(4)17-22/h5-11,13,16-17,19,25,40H,12,14-15,18H2,1-4H3,(H,35,37)(H2,31,33,34,39). The number of hydrogen-bond acceptors (Lipinski definition) is 7. The topological polar surface area (TPSA) is 146 Å². The van der Waals surface area contributed by atoms with E-state index in [1.807, 2.05) is 39.8 Å². The highest BCUT2D eigenvalue weighted by molar-refractivity contribution is 5.99. The Bertz CT molecular complexity index is 1360. The first-order valence-corrected chi connectivity index (χ1v) is 13.5. The van der Waals surface area contributed by atoms with E-state index in [1.165, 1.54) is 4.90 Å². The first-order chi connectivity index (χ1) is 19.6. The maximum atomic E-state index is 14.1. The predicted octanol–water partition coefficient (Wildman–Crippen LogP) is 3.84. The maximum absolute atomic E-state index is 14.1. The number of amides is 4. The molecule has 1 fully saturated rings. The number of pyridine rings is 2. The van der Waals surface area contributed by atoms with Crippen LogP contribution in [0, 0.1) is 19.8 Å². The van der Waals surface area contributed by atoms with E-state index in [2.05, 4.69) is 20.6 Å². The smallest absolute Gasteiger partial charge is 0.321 e. The van der Waals surface area contributed by atoms with Crippen LogP contribution in [0.5, 0.6) is 5.75 Å². The number of aromatic nitrogens is 2. The van der Waals surface area contributed by atoms with Gasteiger partial charge in [-0.25, -0.2) is 15.3 Å². The number of benzene rings is 1. The fourth-order valence-corrected chi connectivity index (χ4v) is 5.18. The number of carbonyl (C=O) groups is 3. The molecule has 3 heterocycles. The zero-order valence-electron chi connectivity index (χ0n) is 23.7. The molecule has 0 radical (unpaired) electrons. The van der Waals surface area contributed by atoms with Crippen LogP contribution in [0.2, 0.25) is 0 Å². The third-order valence-corrected chi connectivity index (χ3v) is 6.96. The molecule has 2 atom stereocenters. The molecule has 4 N–H and O–H groups in total. The Kier molecular flexibility index (Phi) is 9.18. The summed E-state index contributed by atoms with van der Waals surface area (Å²) >= 11 is 0. The first-order valence-electron chi connectivity index (χ1n) is 13.5. The lowest BCUT2D eigenvalue weighted by Gasteiger charge is -2.32. The van der Waals surface area contributed by atoms with Gasteiger partial charge in [-0.1, -0.05) is 32.0 Å². The Labute approximate surface area is 239 Å². The third kappa shape index (κ3) is 6.98. The van der Waals surface area contributed by atoms with Crippen LogP contribution >= 0.6 is 0 Å². The van der Waals surface area contributed by atoms with Crippen molar-refractivity contribution in [2.24, 2.45) is 5.92 Å². The minimum absolute atomic E-state index is 0.0740. The molecule has 4 amide bonds. The third-order valence-electron chi connectivity index (χ3n) is 6.96. The summed E-state index contributed by atoms with van der Waals surface area (Å²) in [5.41, 5.74) is 3.58. The molecule has 0 aliphatic carbocycles. The Morgan fingerprint density at radius 3 is 2.41 bits per heavy atom. The van der Waals surface area contributed by atoms with Crippen molar-refractivity contribution in [2.75, 3.05) is 11.9 Å². The molecule has 1 saturated heterocycles. The number of aryl methyl sites for hydroxylation is 2. The van der Waals surface area contributed by atoms with Crippen LogP contribution in [0.25, 0.3) is 0 Å². The van der Waals surface area contributed by atoms with E-state index in [0.717, 1.165) is 17.0 Å². The van der Waals surface area contributed by atoms with Crippen molar-refractivity contribution in [1.29, 1.82) is 0 Å². The summed E-state index contributed by atoms with van der Waals surface area (Å²) in [7, 11) is 0. The number of likely N-dealkylation sites (tertiary alicyclic amines) is 1. The summed E-state index contributed by atoms with van der Waals surface area (Å²) < 4.78 is 5.98. The highest BCUT2D eigenvalue weighted by Crippen LogP contribution is 2.36. The first kappa shape index (κ1) is 29.5. The minimum atomic E-state index is -1.46. The Hall–Kier alpha value is -4.51. The number of urea groups is 1. The van der Waals surface area contributed by atoms with E-state index in [4.69, 9.17) is 4.74 Å². The van der Waals surface area contributed by atoms with Crippen LogP contribution in [0.1, 0.15) is 49.2 Å². The van der Waals surface area contributed by atoms with Gasteiger partial charge in [0.1, 0.15) is 29.8 Å². The highest BCUT2D eigenvalue weighted by atomic mass is 16.5. The molecular formula is C30H36N6O5. The van der Waals surface area contributed by atoms with Crippen LogP contribution < -0.4 is 20.9 Å². The highest BCUT2D eigenvalue weighted by Gasteiger charge is 2.52. The number of nitrogens with zero attached hydrogens (tertiary/aromatic N) is 3. The molecule has 1 aliphatic rings. The minimum Gasteiger partial charge on any atom is -0.489 e. The average Bonchev–Trinajstić information content (AvgIpc) is 3.26. The predicted molar refractivity (Wildman–Crippen MR) is 152 cm³/mol. The van der Waals surface area contributed by atoms with E-state index in [9.17, 15) is 19.6 Å². The Morgan fingerprint density at radius 2 is 1.80 bits per heavy atom. The fraction of sp³-hybridized carbons (Fsp3) is 0.367. The molecule has 4 rings (SSSR count). The number of ether oxygens (including phenoxy) is 1. The van der Waals surface area contributed by atoms with E-state index in [1.54, 1.807) is 54.1 Å². The van der Waals surface area contributed by atoms with Gasteiger partial charge in [-0.3, -0.25) is 25.1 Å². The van der Waals surface area contributed by atoms with E-state index >= 15 is 0 Å². The molecular weight excluding hydrogens is 524 g/mol. The van der Waals surface area contributed by atoms with Gasteiger partial charge in [0, 0.05) is 30.6 Å². The molecule has 0 saturated carbocycles. The molecule has 2 aromatic heterocycles. The Morgan fingerprint density at radius 1 is 1.10 bits per heavy atom. The van der Waals surface area contributed by atoms with Crippen molar-refractivity contribution < 1.29 is 24.3 Å². The van der Waals surface area contributed by atoms with E-state index < -0.39 is 29.4 Å². The number of carbonyl (C=O) groups excluding carboxylic acids is 3. The molecule has 2 unspecified atom stereocenters. The van der Waals surface area contributed by atoms with Gasteiger partial charge in [-0.15, -0.1) is 0 Å². The lowest BCUT2D eigenvalue weighted by Crippen LogP contribution is -2.56. The summed E-state index contributed by atoms with van der Waals surface area (Å²) in [6, 6.07) is 14.5. The summed E-state index contributed by atoms with van der Waals surface area (Å²) in [5, 5.41) is 14.9. The second kappa shape index (κ2) is 12.8. The van der Waals surface area contributed by atoms with Crippen LogP contribution in [-0.2, 0) is 21.7 Å². The Balaban J connectivity index is 1.61. The molecule has 11 nitrogen and oxygen atoms in total. The van der Waals surface area contributed by atoms with Gasteiger partial charge in [0.15, 0.2) is 0 Å². The van der Waals surface area contributed by atoms with Gasteiger partial charge in [0.25, 0.3) is 11.8 Å². The number of hydrogen-bond donors (Lipinski definition) is 4. The zero-order chi connectivity index (χ0) is 29.6. The van der Waals surface area contributed by atoms with E-state index in [0.29, 0.717) is 30.2 Å². The largest absolute Gasteiger partial charge is 0.489 e. The van der Waals surface area contributed by atoms with Crippen molar-refractivity contribution in [1.82, 2.24) is 25.7 Å². The van der Waals surface area contributed by atoms with Gasteiger partial charge >= 0.3 is 6.03 Å². The molecule has 216 valence electrons. The van der Waals surface area contributed by atoms with Gasteiger partial charge in [0.2, 0.25) is 0 Å². The van der Waals surface area contributed by atoms with Gasteiger partial charge < -0.3 is 15.0 Å². The molecule has 1 aromatic carbocycles. The molecule has 1 aliphatic heterocycles. The maximum Gasteiger partial charge on any atom is 0.321 e. The number of hydroxylamine groups is 1. The normalized spacial score (nSPS) is 17.3. The summed E-state index contributed by atoms with van der Waals surface area (Å²) in [6.07, 6.45) is 2.10. The summed E-state index contributed by atoms with van der Waals surface area (Å²) in [4.78, 5) is 49.7. The summed E-state index contributed by atoms with van der Waals surface area (Å²) in [6.45, 7) is 8.26. The fourth-order valence-electron chi connectivity index (χ4n) is 5.18. The van der Waals surface area contributed by atoms with Crippen LogP contribution in [-0.4, -0.2) is 50.5 Å². The van der Waals surface area contributed by atoms with Crippen molar-refractivity contribution >= 4 is 23.7 Å². The molecule has 0 spiro atoms. The molecule has 3 aromatic rings. The van der Waals surface area contributed by atoms with Crippen LogP contribution in [0.4, 0.5) is 10.6 Å². The number of rotatable bonds is 10. The molecule has 11 heteroatoms. The quantitative estimate of drug-likeness (QED) is 0.218. The lowest BCUT2D eigenvalue weighted by molar-refractivity contribution is -0.145. The van der Waals surface area contributed by atoms with Crippen LogP contribution in [0.15, 0.2) is 60.8 Å². The SMILES string of the molecule is Cc1cc(COc2ccc(C3(NC(=O)Nc4ccccn4)CCN(C(CC(C)C)C(=O)NO)C3=O)cc2)cc(C)n1. The van der Waals surface area contributed by atoms with Gasteiger partial charge in [0.05, 0.1) is 0 Å². The number of anilines is 1. The van der Waals surface area contributed by atoms with Crippen molar-refractivity contribution in [3.63, 3.8) is 0 Å². The van der Waals surface area contributed by atoms with Crippen molar-refractivity contribution in [2.45, 2.75) is 58.7 Å². The van der Waals surface area contributed by atoms with E-state index in [-0.39, 0.29) is 18.9 Å². The summed E-state index contributed by atoms with van der Waals surface area (Å²) in [5.74, 6) is -0.130. The second-order valence-corrected chi connectivity index (χ2v) is 10.6. The van der Waals surface area contributed by atoms with Crippen molar-refractivity contribution in [3.05, 3.63) is 83.3 Å². The monoisotopic (exact) mass is 560 g/mol. The number of nitrogens with one attached hydrogen (secondary N) is 3. The van der Waals surface area contributed by atoms with Crippen LogP contribution in [0.3, 0.4) is 0 Å². The molecule has 41 heavy (non-hydrogen) atoms. The average molecular weight is 561 g/mol. The van der Waals surface area contributed by atoms with Gasteiger partial charge in [-0.2, -0.15) is 0 Å². The molecule has 0 bridgehead atoms. The van der Waals surface area contributed by atoms with Gasteiger partial charge in [-0.05, 0) is 73.7 Å². The zero-order valence-corrected chi connectivity index (χ0v) is 23.7.